The van der Waals surface area contributed by atoms with Crippen molar-refractivity contribution in [2.45, 2.75) is 0 Å². The quantitative estimate of drug-likeness (QED) is 0.841. The zero-order valence-corrected chi connectivity index (χ0v) is 10.2. The number of rotatable bonds is 5. The lowest BCUT2D eigenvalue weighted by molar-refractivity contribution is -0.126. The van der Waals surface area contributed by atoms with Crippen molar-refractivity contribution in [3.8, 4) is 5.75 Å². The van der Waals surface area contributed by atoms with Crippen LogP contribution in [0.1, 0.15) is 0 Å². The topological polar surface area (TPSA) is 81.4 Å². The van der Waals surface area contributed by atoms with E-state index in [0.29, 0.717) is 15.8 Å². The van der Waals surface area contributed by atoms with E-state index in [4.69, 9.17) is 33.7 Å². The van der Waals surface area contributed by atoms with Crippen LogP contribution in [0.25, 0.3) is 0 Å². The van der Waals surface area contributed by atoms with Gasteiger partial charge in [0.05, 0.1) is 11.6 Å². The Bertz CT molecular complexity index is 438. The number of halogens is 2. The molecule has 92 valence electrons. The Morgan fingerprint density at radius 2 is 2.06 bits per heavy atom. The van der Waals surface area contributed by atoms with Gasteiger partial charge in [0, 0.05) is 11.1 Å². The first kappa shape index (κ1) is 13.6. The highest BCUT2D eigenvalue weighted by Crippen LogP contribution is 2.27. The molecule has 0 heterocycles. The summed E-state index contributed by atoms with van der Waals surface area (Å²) in [7, 11) is 0. The van der Waals surface area contributed by atoms with E-state index in [1.165, 1.54) is 6.07 Å². The summed E-state index contributed by atoms with van der Waals surface area (Å²) in [5.74, 6) is -0.799. The highest BCUT2D eigenvalue weighted by Gasteiger charge is 2.07. The van der Waals surface area contributed by atoms with Crippen molar-refractivity contribution in [3.05, 3.63) is 28.2 Å². The van der Waals surface area contributed by atoms with Crippen LogP contribution in [0.4, 0.5) is 0 Å². The first-order valence-electron chi connectivity index (χ1n) is 4.62. The fraction of sp³-hybridized carbons (Fsp3) is 0.200. The number of carbonyl (C=O) groups excluding carboxylic acids is 2. The van der Waals surface area contributed by atoms with Gasteiger partial charge in [0.25, 0.3) is 5.91 Å². The summed E-state index contributed by atoms with van der Waals surface area (Å²) in [6, 6.07) is 4.65. The Morgan fingerprint density at radius 3 is 2.71 bits per heavy atom. The van der Waals surface area contributed by atoms with Crippen LogP contribution in [0.15, 0.2) is 18.2 Å². The van der Waals surface area contributed by atoms with Gasteiger partial charge < -0.3 is 15.8 Å². The van der Waals surface area contributed by atoms with Crippen molar-refractivity contribution >= 4 is 35.0 Å². The molecule has 5 nitrogen and oxygen atoms in total. The third-order valence-electron chi connectivity index (χ3n) is 1.71. The number of nitrogens with one attached hydrogen (secondary N) is 1. The fourth-order valence-electron chi connectivity index (χ4n) is 0.968. The predicted octanol–water partition coefficient (Wildman–Crippen LogP) is 0.974. The second-order valence-corrected chi connectivity index (χ2v) is 3.95. The third kappa shape index (κ3) is 4.93. The average Bonchev–Trinajstić information content (AvgIpc) is 2.27. The van der Waals surface area contributed by atoms with E-state index in [2.05, 4.69) is 5.32 Å². The van der Waals surface area contributed by atoms with Gasteiger partial charge >= 0.3 is 0 Å². The highest BCUT2D eigenvalue weighted by atomic mass is 35.5. The van der Waals surface area contributed by atoms with E-state index >= 15 is 0 Å². The second kappa shape index (κ2) is 6.32. The van der Waals surface area contributed by atoms with E-state index in [9.17, 15) is 9.59 Å². The molecule has 1 rings (SSSR count). The Hall–Kier alpha value is -1.46. The van der Waals surface area contributed by atoms with E-state index in [0.717, 1.165) is 0 Å². The number of hydrogen-bond donors (Lipinski definition) is 2. The third-order valence-corrected chi connectivity index (χ3v) is 2.26. The molecule has 7 heteroatoms. The summed E-state index contributed by atoms with van der Waals surface area (Å²) in [5, 5.41) is 3.06. The lowest BCUT2D eigenvalue weighted by atomic mass is 10.3. The summed E-state index contributed by atoms with van der Waals surface area (Å²) < 4.78 is 5.13. The Labute approximate surface area is 108 Å². The molecule has 3 N–H and O–H groups in total. The SMILES string of the molecule is NC(=O)CNC(=O)COc1cc(Cl)ccc1Cl. The van der Waals surface area contributed by atoms with Crippen molar-refractivity contribution in [1.82, 2.24) is 5.32 Å². The minimum absolute atomic E-state index is 0.231. The highest BCUT2D eigenvalue weighted by molar-refractivity contribution is 6.34. The van der Waals surface area contributed by atoms with Gasteiger partial charge in [0.15, 0.2) is 6.61 Å². The maximum Gasteiger partial charge on any atom is 0.258 e. The normalized spacial score (nSPS) is 9.76. The monoisotopic (exact) mass is 276 g/mol. The van der Waals surface area contributed by atoms with Crippen molar-refractivity contribution in [3.63, 3.8) is 0 Å². The van der Waals surface area contributed by atoms with Crippen molar-refractivity contribution in [2.75, 3.05) is 13.2 Å². The molecule has 17 heavy (non-hydrogen) atoms. The first-order valence-corrected chi connectivity index (χ1v) is 5.37. The van der Waals surface area contributed by atoms with Gasteiger partial charge in [0.2, 0.25) is 5.91 Å². The molecule has 0 saturated carbocycles. The smallest absolute Gasteiger partial charge is 0.258 e. The molecule has 1 aromatic carbocycles. The fourth-order valence-corrected chi connectivity index (χ4v) is 1.30. The van der Waals surface area contributed by atoms with Crippen molar-refractivity contribution in [1.29, 1.82) is 0 Å². The maximum atomic E-state index is 11.2. The number of benzene rings is 1. The van der Waals surface area contributed by atoms with Crippen LogP contribution in [-0.4, -0.2) is 25.0 Å². The summed E-state index contributed by atoms with van der Waals surface area (Å²) in [4.78, 5) is 21.6. The van der Waals surface area contributed by atoms with Gasteiger partial charge in [-0.25, -0.2) is 0 Å². The largest absolute Gasteiger partial charge is 0.482 e. The molecule has 0 spiro atoms. The zero-order chi connectivity index (χ0) is 12.8. The number of primary amides is 1. The second-order valence-electron chi connectivity index (χ2n) is 3.11. The Balaban J connectivity index is 2.47. The first-order chi connectivity index (χ1) is 7.99. The average molecular weight is 277 g/mol. The molecule has 0 fully saturated rings. The molecule has 0 aromatic heterocycles. The van der Waals surface area contributed by atoms with Gasteiger partial charge in [-0.05, 0) is 12.1 Å². The predicted molar refractivity (Wildman–Crippen MR) is 64.2 cm³/mol. The minimum atomic E-state index is -0.626. The van der Waals surface area contributed by atoms with Crippen molar-refractivity contribution in [2.24, 2.45) is 5.73 Å². The number of nitrogens with two attached hydrogens (primary N) is 1. The molecule has 0 atom stereocenters. The Kier molecular flexibility index (Phi) is 5.06. The summed E-state index contributed by atoms with van der Waals surface area (Å²) in [6.45, 7) is -0.501. The number of hydrogen-bond acceptors (Lipinski definition) is 3. The molecule has 0 aliphatic heterocycles. The van der Waals surface area contributed by atoms with E-state index in [1.54, 1.807) is 12.1 Å². The number of carbonyl (C=O) groups is 2. The molecule has 0 aliphatic rings. The molecule has 0 radical (unpaired) electrons. The molecule has 0 bridgehead atoms. The van der Waals surface area contributed by atoms with Gasteiger partial charge in [-0.1, -0.05) is 23.2 Å². The van der Waals surface area contributed by atoms with Crippen molar-refractivity contribution < 1.29 is 14.3 Å². The van der Waals surface area contributed by atoms with Crippen LogP contribution < -0.4 is 15.8 Å². The molecular weight excluding hydrogens is 267 g/mol. The molecular formula is C10H10Cl2N2O3. The van der Waals surface area contributed by atoms with Crippen LogP contribution in [0.3, 0.4) is 0 Å². The number of amides is 2. The van der Waals surface area contributed by atoms with E-state index < -0.39 is 11.8 Å². The molecule has 0 saturated heterocycles. The maximum absolute atomic E-state index is 11.2. The van der Waals surface area contributed by atoms with E-state index in [1.807, 2.05) is 0 Å². The molecule has 1 aromatic rings. The Morgan fingerprint density at radius 1 is 1.35 bits per heavy atom. The molecule has 2 amide bonds. The van der Waals surface area contributed by atoms with Gasteiger partial charge in [0.1, 0.15) is 5.75 Å². The van der Waals surface area contributed by atoms with Crippen LogP contribution in [-0.2, 0) is 9.59 Å². The zero-order valence-electron chi connectivity index (χ0n) is 8.70. The summed E-state index contributed by atoms with van der Waals surface area (Å²) in [5.41, 5.74) is 4.86. The molecule has 0 unspecified atom stereocenters. The van der Waals surface area contributed by atoms with E-state index in [-0.39, 0.29) is 13.2 Å². The van der Waals surface area contributed by atoms with Gasteiger partial charge in [-0.15, -0.1) is 0 Å². The van der Waals surface area contributed by atoms with Gasteiger partial charge in [-0.2, -0.15) is 0 Å². The minimum Gasteiger partial charge on any atom is -0.482 e. The standard InChI is InChI=1S/C10H10Cl2N2O3/c11-6-1-2-7(12)8(3-6)17-5-10(16)14-4-9(13)15/h1-3H,4-5H2,(H2,13,15)(H,14,16). The van der Waals surface area contributed by atoms with Crippen LogP contribution in [0.2, 0.25) is 10.0 Å². The van der Waals surface area contributed by atoms with Crippen LogP contribution in [0, 0.1) is 0 Å². The van der Waals surface area contributed by atoms with Crippen LogP contribution in [0.5, 0.6) is 5.75 Å². The van der Waals surface area contributed by atoms with Gasteiger partial charge in [-0.3, -0.25) is 9.59 Å². The summed E-state index contributed by atoms with van der Waals surface area (Å²) in [6.07, 6.45) is 0. The number of ether oxygens (including phenoxy) is 1. The lowest BCUT2D eigenvalue weighted by Gasteiger charge is -2.08. The molecule has 0 aliphatic carbocycles. The summed E-state index contributed by atoms with van der Waals surface area (Å²) >= 11 is 11.6. The van der Waals surface area contributed by atoms with Crippen LogP contribution >= 0.6 is 23.2 Å². The lowest BCUT2D eigenvalue weighted by Crippen LogP contribution is -2.36.